The van der Waals surface area contributed by atoms with E-state index in [-0.39, 0.29) is 17.7 Å². The van der Waals surface area contributed by atoms with Gasteiger partial charge < -0.3 is 20.2 Å². The minimum atomic E-state index is -1.19. The molecule has 1 fully saturated rings. The van der Waals surface area contributed by atoms with Gasteiger partial charge in [-0.2, -0.15) is 0 Å². The van der Waals surface area contributed by atoms with Crippen molar-refractivity contribution in [3.05, 3.63) is 40.4 Å². The van der Waals surface area contributed by atoms with Gasteiger partial charge in [0.05, 0.1) is 17.7 Å². The van der Waals surface area contributed by atoms with Gasteiger partial charge in [-0.1, -0.05) is 23.5 Å². The third-order valence-electron chi connectivity index (χ3n) is 5.18. The van der Waals surface area contributed by atoms with E-state index < -0.39 is 6.09 Å². The normalized spacial score (nSPS) is 13.7. The smallest absolute Gasteiger partial charge is 0.409 e. The Balaban J connectivity index is 1.69. The highest BCUT2D eigenvalue weighted by Gasteiger charge is 2.27. The van der Waals surface area contributed by atoms with Crippen LogP contribution in [-0.4, -0.2) is 76.2 Å². The SMILES string of the molecule is CC(=O)Nc1nc(CCc2ccc(N=CNC(=O)O)cc2)c(C(=O)N2CCN(C(C)=O)CC2)s1. The van der Waals surface area contributed by atoms with Crippen LogP contribution in [0.4, 0.5) is 15.6 Å². The minimum Gasteiger partial charge on any atom is -0.465 e. The highest BCUT2D eigenvalue weighted by molar-refractivity contribution is 7.17. The fourth-order valence-corrected chi connectivity index (χ4v) is 4.46. The third-order valence-corrected chi connectivity index (χ3v) is 6.18. The lowest BCUT2D eigenvalue weighted by Gasteiger charge is -2.34. The molecule has 3 N–H and O–H groups in total. The number of anilines is 1. The van der Waals surface area contributed by atoms with Gasteiger partial charge in [-0.05, 0) is 30.5 Å². The molecule has 0 bridgehead atoms. The predicted octanol–water partition coefficient (Wildman–Crippen LogP) is 2.12. The Morgan fingerprint density at radius 1 is 1.06 bits per heavy atom. The molecule has 0 radical (unpaired) electrons. The molecule has 0 unspecified atom stereocenters. The first-order valence-corrected chi connectivity index (χ1v) is 11.5. The van der Waals surface area contributed by atoms with Crippen molar-refractivity contribution in [2.45, 2.75) is 26.7 Å². The summed E-state index contributed by atoms with van der Waals surface area (Å²) < 4.78 is 0. The highest BCUT2D eigenvalue weighted by atomic mass is 32.1. The number of carbonyl (C=O) groups is 4. The molecule has 0 spiro atoms. The summed E-state index contributed by atoms with van der Waals surface area (Å²) in [5, 5.41) is 13.7. The van der Waals surface area contributed by atoms with Crippen LogP contribution in [0.5, 0.6) is 0 Å². The number of aliphatic imine (C=N–C) groups is 1. The molecule has 180 valence electrons. The van der Waals surface area contributed by atoms with Crippen LogP contribution in [0.15, 0.2) is 29.3 Å². The van der Waals surface area contributed by atoms with Gasteiger partial charge in [0.1, 0.15) is 4.88 Å². The van der Waals surface area contributed by atoms with Gasteiger partial charge >= 0.3 is 6.09 Å². The molecule has 4 amide bonds. The molecule has 2 aromatic rings. The van der Waals surface area contributed by atoms with Crippen LogP contribution in [0.1, 0.15) is 34.8 Å². The number of rotatable bonds is 7. The van der Waals surface area contributed by atoms with Crippen molar-refractivity contribution in [2.75, 3.05) is 31.5 Å². The van der Waals surface area contributed by atoms with E-state index in [2.05, 4.69) is 20.6 Å². The van der Waals surface area contributed by atoms with Gasteiger partial charge in [-0.3, -0.25) is 19.7 Å². The van der Waals surface area contributed by atoms with E-state index in [9.17, 15) is 19.2 Å². The van der Waals surface area contributed by atoms with Crippen LogP contribution in [0.2, 0.25) is 0 Å². The molecule has 3 rings (SSSR count). The summed E-state index contributed by atoms with van der Waals surface area (Å²) in [5.74, 6) is -0.417. The van der Waals surface area contributed by atoms with Crippen LogP contribution in [-0.2, 0) is 22.4 Å². The third kappa shape index (κ3) is 6.85. The zero-order chi connectivity index (χ0) is 24.7. The molecule has 1 saturated heterocycles. The fraction of sp³-hybridized carbons (Fsp3) is 0.364. The van der Waals surface area contributed by atoms with Crippen molar-refractivity contribution >= 4 is 52.3 Å². The van der Waals surface area contributed by atoms with Crippen molar-refractivity contribution in [1.82, 2.24) is 20.1 Å². The van der Waals surface area contributed by atoms with Crippen LogP contribution >= 0.6 is 11.3 Å². The Morgan fingerprint density at radius 3 is 2.29 bits per heavy atom. The van der Waals surface area contributed by atoms with Gasteiger partial charge in [0.15, 0.2) is 5.13 Å². The Labute approximate surface area is 200 Å². The number of carbonyl (C=O) groups excluding carboxylic acids is 3. The van der Waals surface area contributed by atoms with Gasteiger partial charge in [-0.25, -0.2) is 14.8 Å². The first-order chi connectivity index (χ1) is 16.2. The number of nitrogens with zero attached hydrogens (tertiary/aromatic N) is 4. The lowest BCUT2D eigenvalue weighted by Crippen LogP contribution is -2.50. The van der Waals surface area contributed by atoms with Crippen molar-refractivity contribution in [1.29, 1.82) is 0 Å². The molecule has 34 heavy (non-hydrogen) atoms. The van der Waals surface area contributed by atoms with Gasteiger partial charge in [0.25, 0.3) is 5.91 Å². The highest BCUT2D eigenvalue weighted by Crippen LogP contribution is 2.27. The summed E-state index contributed by atoms with van der Waals surface area (Å²) in [5.41, 5.74) is 2.20. The van der Waals surface area contributed by atoms with E-state index in [1.165, 1.54) is 13.8 Å². The second-order valence-electron chi connectivity index (χ2n) is 7.65. The van der Waals surface area contributed by atoms with E-state index in [1.807, 2.05) is 12.1 Å². The predicted molar refractivity (Wildman–Crippen MR) is 128 cm³/mol. The standard InChI is InChI=1S/C22H26N6O5S/c1-14(29)25-21-26-18(8-5-16-3-6-17(7-4-16)23-13-24-22(32)33)19(34-21)20(31)28-11-9-27(10-12-28)15(2)30/h3-4,6-7,13H,5,8-12H2,1-2H3,(H,23,24)(H,32,33)(H,25,26,29). The van der Waals surface area contributed by atoms with E-state index in [1.54, 1.807) is 21.9 Å². The molecule has 1 aliphatic heterocycles. The van der Waals surface area contributed by atoms with E-state index in [0.717, 1.165) is 23.2 Å². The van der Waals surface area contributed by atoms with Crippen molar-refractivity contribution in [3.63, 3.8) is 0 Å². The van der Waals surface area contributed by atoms with Crippen LogP contribution in [0.25, 0.3) is 0 Å². The zero-order valence-corrected chi connectivity index (χ0v) is 19.7. The number of nitrogens with one attached hydrogen (secondary N) is 2. The Morgan fingerprint density at radius 2 is 1.71 bits per heavy atom. The second kappa shape index (κ2) is 11.4. The quantitative estimate of drug-likeness (QED) is 0.404. The minimum absolute atomic E-state index is 0.00613. The number of aryl methyl sites for hydroxylation is 2. The maximum atomic E-state index is 13.2. The molecule has 0 atom stereocenters. The summed E-state index contributed by atoms with van der Waals surface area (Å²) in [6, 6.07) is 7.27. The Kier molecular flexibility index (Phi) is 8.30. The number of carboxylic acid groups (broad SMARTS) is 1. The molecule has 1 aromatic heterocycles. The summed E-state index contributed by atoms with van der Waals surface area (Å²) in [6.45, 7) is 4.78. The molecule has 11 nitrogen and oxygen atoms in total. The second-order valence-corrected chi connectivity index (χ2v) is 8.65. The molecule has 0 saturated carbocycles. The first kappa shape index (κ1) is 24.8. The number of hydrogen-bond acceptors (Lipinski definition) is 7. The van der Waals surface area contributed by atoms with Crippen molar-refractivity contribution in [2.24, 2.45) is 4.99 Å². The summed E-state index contributed by atoms with van der Waals surface area (Å²) in [6.07, 6.45) is 1.02. The summed E-state index contributed by atoms with van der Waals surface area (Å²) >= 11 is 1.16. The maximum Gasteiger partial charge on any atom is 0.409 e. The number of aromatic nitrogens is 1. The van der Waals surface area contributed by atoms with E-state index >= 15 is 0 Å². The van der Waals surface area contributed by atoms with E-state index in [0.29, 0.717) is 60.4 Å². The lowest BCUT2D eigenvalue weighted by atomic mass is 10.1. The topological polar surface area (TPSA) is 144 Å². The summed E-state index contributed by atoms with van der Waals surface area (Å²) in [7, 11) is 0. The molecule has 1 aromatic carbocycles. The van der Waals surface area contributed by atoms with Gasteiger partial charge in [0.2, 0.25) is 11.8 Å². The molecule has 1 aliphatic rings. The molecule has 2 heterocycles. The van der Waals surface area contributed by atoms with Crippen molar-refractivity contribution < 1.29 is 24.3 Å². The lowest BCUT2D eigenvalue weighted by molar-refractivity contribution is -0.130. The largest absolute Gasteiger partial charge is 0.465 e. The summed E-state index contributed by atoms with van der Waals surface area (Å²) in [4.78, 5) is 59.2. The number of thiazole rings is 1. The van der Waals surface area contributed by atoms with Gasteiger partial charge in [0, 0.05) is 40.0 Å². The first-order valence-electron chi connectivity index (χ1n) is 10.7. The Hall–Kier alpha value is -3.80. The molecule has 12 heteroatoms. The van der Waals surface area contributed by atoms with Crippen molar-refractivity contribution in [3.8, 4) is 0 Å². The van der Waals surface area contributed by atoms with Crippen LogP contribution in [0.3, 0.4) is 0 Å². The molecular formula is C22H26N6O5S. The molecule has 0 aliphatic carbocycles. The van der Waals surface area contributed by atoms with E-state index in [4.69, 9.17) is 5.11 Å². The Bertz CT molecular complexity index is 1090. The average Bonchev–Trinajstić information content (AvgIpc) is 3.19. The van der Waals surface area contributed by atoms with Crippen LogP contribution < -0.4 is 10.6 Å². The number of hydrogen-bond donors (Lipinski definition) is 3. The fourth-order valence-electron chi connectivity index (χ4n) is 3.43. The average molecular weight is 487 g/mol. The maximum absolute atomic E-state index is 13.2. The van der Waals surface area contributed by atoms with Crippen LogP contribution in [0, 0.1) is 0 Å². The van der Waals surface area contributed by atoms with Gasteiger partial charge in [-0.15, -0.1) is 0 Å². The zero-order valence-electron chi connectivity index (χ0n) is 18.9. The number of piperazine rings is 1. The number of amides is 4. The number of benzene rings is 1. The molecular weight excluding hydrogens is 460 g/mol. The monoisotopic (exact) mass is 486 g/mol.